The fourth-order valence-electron chi connectivity index (χ4n) is 1.17. The second-order valence-corrected chi connectivity index (χ2v) is 4.54. The molecule has 94 valence electrons. The molecule has 0 atom stereocenters. The summed E-state index contributed by atoms with van der Waals surface area (Å²) < 4.78 is 13.6. The summed E-state index contributed by atoms with van der Waals surface area (Å²) in [5, 5.41) is 10.5. The predicted octanol–water partition coefficient (Wildman–Crippen LogP) is 2.55. The van der Waals surface area contributed by atoms with Crippen LogP contribution in [0.5, 0.6) is 0 Å². The van der Waals surface area contributed by atoms with Gasteiger partial charge in [0.25, 0.3) is 0 Å². The van der Waals surface area contributed by atoms with E-state index in [2.05, 4.69) is 5.48 Å². The molecule has 1 rings (SSSR count). The Labute approximate surface area is 98.7 Å². The van der Waals surface area contributed by atoms with Gasteiger partial charge in [-0.05, 0) is 20.8 Å². The first-order chi connectivity index (χ1) is 7.81. The molecule has 0 aliphatic carbocycles. The van der Waals surface area contributed by atoms with Crippen molar-refractivity contribution in [3.63, 3.8) is 0 Å². The zero-order valence-electron chi connectivity index (χ0n) is 9.99. The van der Waals surface area contributed by atoms with Gasteiger partial charge in [0.05, 0.1) is 10.5 Å². The number of nitro benzene ring substituents is 1. The molecule has 0 saturated heterocycles. The average molecular weight is 242 g/mol. The van der Waals surface area contributed by atoms with Crippen LogP contribution in [0.25, 0.3) is 0 Å². The largest absolute Gasteiger partial charge is 0.305 e. The average Bonchev–Trinajstić information content (AvgIpc) is 2.18. The second-order valence-electron chi connectivity index (χ2n) is 4.54. The van der Waals surface area contributed by atoms with Gasteiger partial charge in [0.15, 0.2) is 0 Å². The fraction of sp³-hybridized carbons (Fsp3) is 0.455. The van der Waals surface area contributed by atoms with Gasteiger partial charge < -0.3 is 0 Å². The van der Waals surface area contributed by atoms with Crippen molar-refractivity contribution in [2.45, 2.75) is 32.9 Å². The van der Waals surface area contributed by atoms with Gasteiger partial charge in [0, 0.05) is 18.2 Å². The van der Waals surface area contributed by atoms with E-state index < -0.39 is 22.0 Å². The molecule has 6 heteroatoms. The lowest BCUT2D eigenvalue weighted by Gasteiger charge is -2.19. The Bertz CT molecular complexity index is 416. The number of nitrogens with one attached hydrogen (secondary N) is 1. The first-order valence-corrected chi connectivity index (χ1v) is 5.14. The van der Waals surface area contributed by atoms with Crippen LogP contribution in [0.15, 0.2) is 18.2 Å². The fourth-order valence-corrected chi connectivity index (χ4v) is 1.17. The normalized spacial score (nSPS) is 11.5. The summed E-state index contributed by atoms with van der Waals surface area (Å²) in [7, 11) is 0. The maximum Gasteiger partial charge on any atom is 0.305 e. The van der Waals surface area contributed by atoms with Crippen LogP contribution < -0.4 is 5.48 Å². The van der Waals surface area contributed by atoms with Crippen LogP contribution in [-0.4, -0.2) is 10.5 Å². The molecule has 17 heavy (non-hydrogen) atoms. The molecule has 0 fully saturated rings. The van der Waals surface area contributed by atoms with Crippen LogP contribution in [0.1, 0.15) is 26.3 Å². The van der Waals surface area contributed by atoms with Gasteiger partial charge in [-0.25, -0.2) is 0 Å². The third-order valence-corrected chi connectivity index (χ3v) is 1.90. The van der Waals surface area contributed by atoms with Crippen molar-refractivity contribution in [1.29, 1.82) is 0 Å². The van der Waals surface area contributed by atoms with Crippen LogP contribution in [0.4, 0.5) is 10.1 Å². The minimum atomic E-state index is -0.831. The summed E-state index contributed by atoms with van der Waals surface area (Å²) in [4.78, 5) is 15.0. The van der Waals surface area contributed by atoms with Crippen molar-refractivity contribution in [3.8, 4) is 0 Å². The van der Waals surface area contributed by atoms with Crippen LogP contribution in [0.3, 0.4) is 0 Å². The van der Waals surface area contributed by atoms with E-state index in [0.717, 1.165) is 6.07 Å². The van der Waals surface area contributed by atoms with E-state index in [1.54, 1.807) is 0 Å². The molecule has 0 aromatic heterocycles. The standard InChI is InChI=1S/C11H15FN2O3/c1-11(2,3)17-13-7-8-5-4-6-9(10(8)12)14(15)16/h4-6,13H,7H2,1-3H3. The van der Waals surface area contributed by atoms with Gasteiger partial charge in [0.2, 0.25) is 5.82 Å². The van der Waals surface area contributed by atoms with Crippen LogP contribution in [0.2, 0.25) is 0 Å². The molecule has 0 amide bonds. The van der Waals surface area contributed by atoms with Crippen LogP contribution in [0, 0.1) is 15.9 Å². The van der Waals surface area contributed by atoms with E-state index in [1.165, 1.54) is 12.1 Å². The van der Waals surface area contributed by atoms with E-state index >= 15 is 0 Å². The molecule has 0 bridgehead atoms. The predicted molar refractivity (Wildman–Crippen MR) is 60.7 cm³/mol. The van der Waals surface area contributed by atoms with Crippen LogP contribution in [-0.2, 0) is 11.4 Å². The Morgan fingerprint density at radius 2 is 2.12 bits per heavy atom. The monoisotopic (exact) mass is 242 g/mol. The van der Waals surface area contributed by atoms with E-state index in [1.807, 2.05) is 20.8 Å². The van der Waals surface area contributed by atoms with Crippen molar-refractivity contribution >= 4 is 5.69 Å². The number of hydrogen-bond acceptors (Lipinski definition) is 4. The maximum atomic E-state index is 13.6. The Morgan fingerprint density at radius 1 is 1.47 bits per heavy atom. The summed E-state index contributed by atoms with van der Waals surface area (Å²) in [6.45, 7) is 5.59. The van der Waals surface area contributed by atoms with E-state index in [4.69, 9.17) is 4.84 Å². The summed E-state index contributed by atoms with van der Waals surface area (Å²) in [6.07, 6.45) is 0. The van der Waals surface area contributed by atoms with E-state index in [0.29, 0.717) is 0 Å². The zero-order valence-corrected chi connectivity index (χ0v) is 9.99. The quantitative estimate of drug-likeness (QED) is 0.651. The summed E-state index contributed by atoms with van der Waals surface area (Å²) in [5.74, 6) is -0.831. The second kappa shape index (κ2) is 5.20. The topological polar surface area (TPSA) is 64.4 Å². The first kappa shape index (κ1) is 13.5. The van der Waals surface area contributed by atoms with Gasteiger partial charge in [-0.3, -0.25) is 15.0 Å². The van der Waals surface area contributed by atoms with Crippen molar-refractivity contribution in [3.05, 3.63) is 39.7 Å². The van der Waals surface area contributed by atoms with Gasteiger partial charge >= 0.3 is 5.69 Å². The zero-order chi connectivity index (χ0) is 13.1. The molecular formula is C11H15FN2O3. The highest BCUT2D eigenvalue weighted by atomic mass is 19.1. The van der Waals surface area contributed by atoms with E-state index in [9.17, 15) is 14.5 Å². The molecule has 5 nitrogen and oxygen atoms in total. The number of nitro groups is 1. The van der Waals surface area contributed by atoms with Gasteiger partial charge in [-0.1, -0.05) is 12.1 Å². The number of hydrogen-bond donors (Lipinski definition) is 1. The number of hydroxylamine groups is 1. The molecular weight excluding hydrogens is 227 g/mol. The molecule has 1 aromatic rings. The molecule has 0 aliphatic rings. The lowest BCUT2D eigenvalue weighted by atomic mass is 10.2. The molecule has 1 aromatic carbocycles. The lowest BCUT2D eigenvalue weighted by molar-refractivity contribution is -0.387. The first-order valence-electron chi connectivity index (χ1n) is 5.14. The minimum absolute atomic E-state index is 0.0742. The van der Waals surface area contributed by atoms with E-state index in [-0.39, 0.29) is 12.1 Å². The molecule has 0 unspecified atom stereocenters. The van der Waals surface area contributed by atoms with Crippen molar-refractivity contribution in [2.24, 2.45) is 0 Å². The Balaban J connectivity index is 2.72. The minimum Gasteiger partial charge on any atom is -0.296 e. The molecule has 0 saturated carbocycles. The molecule has 1 N–H and O–H groups in total. The highest BCUT2D eigenvalue weighted by molar-refractivity contribution is 5.36. The molecule has 0 aliphatic heterocycles. The van der Waals surface area contributed by atoms with Gasteiger partial charge in [-0.2, -0.15) is 9.87 Å². The lowest BCUT2D eigenvalue weighted by Crippen LogP contribution is -2.29. The SMILES string of the molecule is CC(C)(C)ONCc1cccc([N+](=O)[O-])c1F. The summed E-state index contributed by atoms with van der Waals surface area (Å²) >= 11 is 0. The summed E-state index contributed by atoms with van der Waals surface area (Å²) in [6, 6.07) is 4.04. The third kappa shape index (κ3) is 4.08. The number of halogens is 1. The Kier molecular flexibility index (Phi) is 4.14. The Hall–Kier alpha value is -1.53. The van der Waals surface area contributed by atoms with Crippen LogP contribution >= 0.6 is 0 Å². The summed E-state index contributed by atoms with van der Waals surface area (Å²) in [5.41, 5.74) is 1.85. The van der Waals surface area contributed by atoms with Gasteiger partial charge in [-0.15, -0.1) is 0 Å². The highest BCUT2D eigenvalue weighted by Crippen LogP contribution is 2.20. The van der Waals surface area contributed by atoms with Crippen molar-refractivity contribution in [1.82, 2.24) is 5.48 Å². The molecule has 0 radical (unpaired) electrons. The Morgan fingerprint density at radius 3 is 2.65 bits per heavy atom. The van der Waals surface area contributed by atoms with Crippen molar-refractivity contribution in [2.75, 3.05) is 0 Å². The smallest absolute Gasteiger partial charge is 0.296 e. The number of nitrogens with zero attached hydrogens (tertiary/aromatic N) is 1. The maximum absolute atomic E-state index is 13.6. The number of benzene rings is 1. The number of rotatable bonds is 4. The molecule has 0 spiro atoms. The third-order valence-electron chi connectivity index (χ3n) is 1.90. The molecule has 0 heterocycles. The van der Waals surface area contributed by atoms with Gasteiger partial charge in [0.1, 0.15) is 0 Å². The highest BCUT2D eigenvalue weighted by Gasteiger charge is 2.17. The van der Waals surface area contributed by atoms with Crippen molar-refractivity contribution < 1.29 is 14.2 Å².